The Morgan fingerprint density at radius 3 is 2.25 bits per heavy atom. The number of unbranched alkanes of at least 4 members (excludes halogenated alkanes) is 4. The minimum Gasteiger partial charge on any atom is -0.496 e. The second kappa shape index (κ2) is 11.6. The number of para-hydroxylation sites is 1. The van der Waals surface area contributed by atoms with Gasteiger partial charge in [0.2, 0.25) is 0 Å². The van der Waals surface area contributed by atoms with Crippen LogP contribution in [0.25, 0.3) is 0 Å². The van der Waals surface area contributed by atoms with Gasteiger partial charge in [0.15, 0.2) is 0 Å². The van der Waals surface area contributed by atoms with Crippen molar-refractivity contribution in [3.05, 3.63) is 59.7 Å². The molecule has 2 rings (SSSR count). The Balaban J connectivity index is 1.78. The second-order valence-electron chi connectivity index (χ2n) is 6.40. The summed E-state index contributed by atoms with van der Waals surface area (Å²) in [6.45, 7) is 2.86. The summed E-state index contributed by atoms with van der Waals surface area (Å²) in [4.78, 5) is 24.4. The van der Waals surface area contributed by atoms with Gasteiger partial charge in [0.05, 0.1) is 19.3 Å². The van der Waals surface area contributed by atoms with E-state index in [2.05, 4.69) is 17.8 Å². The van der Waals surface area contributed by atoms with Gasteiger partial charge in [-0.2, -0.15) is 0 Å². The SMILES string of the molecule is CCCCCCCOc1ccc(C(=O)NNC(=O)c2ccccc2OC)cc1. The van der Waals surface area contributed by atoms with Crippen molar-refractivity contribution in [1.82, 2.24) is 10.9 Å². The highest BCUT2D eigenvalue weighted by Crippen LogP contribution is 2.17. The number of nitrogens with one attached hydrogen (secondary N) is 2. The number of methoxy groups -OCH3 is 1. The van der Waals surface area contributed by atoms with Gasteiger partial charge in [-0.25, -0.2) is 0 Å². The monoisotopic (exact) mass is 384 g/mol. The van der Waals surface area contributed by atoms with E-state index in [9.17, 15) is 9.59 Å². The first kappa shape index (κ1) is 21.3. The maximum atomic E-state index is 12.2. The molecule has 0 atom stereocenters. The third kappa shape index (κ3) is 6.61. The lowest BCUT2D eigenvalue weighted by molar-refractivity contribution is 0.0845. The van der Waals surface area contributed by atoms with Crippen LogP contribution in [0.1, 0.15) is 59.7 Å². The number of amides is 2. The van der Waals surface area contributed by atoms with Crippen LogP contribution in [0.2, 0.25) is 0 Å². The topological polar surface area (TPSA) is 76.7 Å². The smallest absolute Gasteiger partial charge is 0.273 e. The molecule has 0 unspecified atom stereocenters. The number of hydrazine groups is 1. The lowest BCUT2D eigenvalue weighted by Gasteiger charge is -2.10. The van der Waals surface area contributed by atoms with Crippen LogP contribution in [-0.2, 0) is 0 Å². The molecule has 0 bridgehead atoms. The Morgan fingerprint density at radius 1 is 0.857 bits per heavy atom. The summed E-state index contributed by atoms with van der Waals surface area (Å²) in [6.07, 6.45) is 5.91. The molecule has 0 aliphatic carbocycles. The molecule has 0 fully saturated rings. The van der Waals surface area contributed by atoms with Crippen LogP contribution in [0.15, 0.2) is 48.5 Å². The van der Waals surface area contributed by atoms with Gasteiger partial charge in [-0.15, -0.1) is 0 Å². The number of carbonyl (C=O) groups excluding carboxylic acids is 2. The third-order valence-corrected chi connectivity index (χ3v) is 4.27. The molecule has 0 saturated heterocycles. The van der Waals surface area contributed by atoms with Gasteiger partial charge in [0.1, 0.15) is 11.5 Å². The molecule has 28 heavy (non-hydrogen) atoms. The summed E-state index contributed by atoms with van der Waals surface area (Å²) in [5.74, 6) is 0.304. The van der Waals surface area contributed by atoms with Crippen LogP contribution in [-0.4, -0.2) is 25.5 Å². The number of hydrogen-bond acceptors (Lipinski definition) is 4. The Labute approximate surface area is 166 Å². The van der Waals surface area contributed by atoms with Crippen molar-refractivity contribution in [3.8, 4) is 11.5 Å². The second-order valence-corrected chi connectivity index (χ2v) is 6.40. The highest BCUT2D eigenvalue weighted by molar-refractivity contribution is 6.00. The van der Waals surface area contributed by atoms with E-state index in [1.165, 1.54) is 32.8 Å². The molecule has 0 radical (unpaired) electrons. The number of benzene rings is 2. The van der Waals surface area contributed by atoms with E-state index in [0.29, 0.717) is 23.5 Å². The first-order chi connectivity index (χ1) is 13.7. The van der Waals surface area contributed by atoms with Gasteiger partial charge >= 0.3 is 0 Å². The maximum absolute atomic E-state index is 12.2. The van der Waals surface area contributed by atoms with Crippen LogP contribution < -0.4 is 20.3 Å². The molecule has 0 aliphatic rings. The molecule has 2 N–H and O–H groups in total. The standard InChI is InChI=1S/C22H28N2O4/c1-3-4-5-6-9-16-28-18-14-12-17(13-15-18)21(25)23-24-22(26)19-10-7-8-11-20(19)27-2/h7-8,10-15H,3-6,9,16H2,1-2H3,(H,23,25)(H,24,26). The van der Waals surface area contributed by atoms with Gasteiger partial charge in [-0.05, 0) is 42.8 Å². The average molecular weight is 384 g/mol. The molecular weight excluding hydrogens is 356 g/mol. The van der Waals surface area contributed by atoms with Crippen molar-refractivity contribution in [2.45, 2.75) is 39.0 Å². The molecule has 0 aliphatic heterocycles. The van der Waals surface area contributed by atoms with E-state index >= 15 is 0 Å². The maximum Gasteiger partial charge on any atom is 0.273 e. The van der Waals surface area contributed by atoms with Crippen molar-refractivity contribution in [3.63, 3.8) is 0 Å². The molecule has 0 saturated carbocycles. The lowest BCUT2D eigenvalue weighted by atomic mass is 10.2. The average Bonchev–Trinajstić information content (AvgIpc) is 2.74. The first-order valence-corrected chi connectivity index (χ1v) is 9.62. The molecule has 0 heterocycles. The molecule has 2 amide bonds. The molecule has 6 heteroatoms. The van der Waals surface area contributed by atoms with Crippen molar-refractivity contribution in [2.75, 3.05) is 13.7 Å². The Morgan fingerprint density at radius 2 is 1.54 bits per heavy atom. The number of carbonyl (C=O) groups is 2. The summed E-state index contributed by atoms with van der Waals surface area (Å²) in [5, 5.41) is 0. The summed E-state index contributed by atoms with van der Waals surface area (Å²) in [6, 6.07) is 13.6. The first-order valence-electron chi connectivity index (χ1n) is 9.62. The number of rotatable bonds is 10. The van der Waals surface area contributed by atoms with E-state index in [-0.39, 0.29) is 0 Å². The third-order valence-electron chi connectivity index (χ3n) is 4.27. The van der Waals surface area contributed by atoms with Crippen LogP contribution >= 0.6 is 0 Å². The zero-order valence-electron chi connectivity index (χ0n) is 16.5. The van der Waals surface area contributed by atoms with E-state index in [4.69, 9.17) is 9.47 Å². The molecule has 2 aromatic carbocycles. The van der Waals surface area contributed by atoms with Crippen LogP contribution in [0.5, 0.6) is 11.5 Å². The summed E-state index contributed by atoms with van der Waals surface area (Å²) >= 11 is 0. The van der Waals surface area contributed by atoms with E-state index in [0.717, 1.165) is 12.2 Å². The molecule has 0 aromatic heterocycles. The van der Waals surface area contributed by atoms with E-state index < -0.39 is 11.8 Å². The highest BCUT2D eigenvalue weighted by Gasteiger charge is 2.13. The fraction of sp³-hybridized carbons (Fsp3) is 0.364. The summed E-state index contributed by atoms with van der Waals surface area (Å²) in [7, 11) is 1.49. The summed E-state index contributed by atoms with van der Waals surface area (Å²) < 4.78 is 10.8. The van der Waals surface area contributed by atoms with E-state index in [1.54, 1.807) is 48.5 Å². The molecular formula is C22H28N2O4. The van der Waals surface area contributed by atoms with Crippen molar-refractivity contribution in [1.29, 1.82) is 0 Å². The number of hydrogen-bond donors (Lipinski definition) is 2. The molecule has 0 spiro atoms. The fourth-order valence-electron chi connectivity index (χ4n) is 2.68. The van der Waals surface area contributed by atoms with Gasteiger partial charge in [0, 0.05) is 5.56 Å². The molecule has 2 aromatic rings. The minimum absolute atomic E-state index is 0.341. The van der Waals surface area contributed by atoms with Gasteiger partial charge in [0.25, 0.3) is 11.8 Å². The predicted molar refractivity (Wildman–Crippen MR) is 109 cm³/mol. The largest absolute Gasteiger partial charge is 0.496 e. The van der Waals surface area contributed by atoms with Gasteiger partial charge in [-0.3, -0.25) is 20.4 Å². The number of ether oxygens (including phenoxy) is 2. The van der Waals surface area contributed by atoms with Crippen LogP contribution in [0.3, 0.4) is 0 Å². The Bertz CT molecular complexity index is 759. The normalized spacial score (nSPS) is 10.2. The van der Waals surface area contributed by atoms with Crippen LogP contribution in [0.4, 0.5) is 0 Å². The zero-order chi connectivity index (χ0) is 20.2. The fourth-order valence-corrected chi connectivity index (χ4v) is 2.68. The lowest BCUT2D eigenvalue weighted by Crippen LogP contribution is -2.41. The Kier molecular flexibility index (Phi) is 8.85. The quantitative estimate of drug-likeness (QED) is 0.477. The van der Waals surface area contributed by atoms with Gasteiger partial charge < -0.3 is 9.47 Å². The van der Waals surface area contributed by atoms with Crippen LogP contribution in [0, 0.1) is 0 Å². The van der Waals surface area contributed by atoms with Crippen molar-refractivity contribution < 1.29 is 19.1 Å². The Hall–Kier alpha value is -3.02. The van der Waals surface area contributed by atoms with E-state index in [1.807, 2.05) is 0 Å². The van der Waals surface area contributed by atoms with Crippen molar-refractivity contribution in [2.24, 2.45) is 0 Å². The highest BCUT2D eigenvalue weighted by atomic mass is 16.5. The van der Waals surface area contributed by atoms with Gasteiger partial charge in [-0.1, -0.05) is 44.7 Å². The zero-order valence-corrected chi connectivity index (χ0v) is 16.5. The molecule has 150 valence electrons. The molecule has 6 nitrogen and oxygen atoms in total. The summed E-state index contributed by atoms with van der Waals surface area (Å²) in [5.41, 5.74) is 5.57. The minimum atomic E-state index is -0.450. The van der Waals surface area contributed by atoms with Crippen molar-refractivity contribution >= 4 is 11.8 Å². The predicted octanol–water partition coefficient (Wildman–Crippen LogP) is 4.12.